The molecule has 0 bridgehead atoms. The molecule has 1 aromatic rings. The van der Waals surface area contributed by atoms with Crippen LogP contribution in [0.15, 0.2) is 12.1 Å². The maximum atomic E-state index is 5.62. The van der Waals surface area contributed by atoms with Crippen LogP contribution >= 0.6 is 0 Å². The number of benzene rings is 1. The third-order valence-corrected chi connectivity index (χ3v) is 5.10. The van der Waals surface area contributed by atoms with Crippen LogP contribution in [0.2, 0.25) is 0 Å². The molecule has 1 atom stereocenters. The molecule has 0 amide bonds. The lowest BCUT2D eigenvalue weighted by molar-refractivity contribution is 0.0453. The zero-order chi connectivity index (χ0) is 16.2. The molecule has 2 aliphatic heterocycles. The second-order valence-electron chi connectivity index (χ2n) is 6.41. The maximum Gasteiger partial charge on any atom is 0.203 e. The van der Waals surface area contributed by atoms with Crippen LogP contribution in [0.1, 0.15) is 24.8 Å². The number of piperazine rings is 1. The first-order valence-corrected chi connectivity index (χ1v) is 8.51. The van der Waals surface area contributed by atoms with Gasteiger partial charge in [-0.2, -0.15) is 0 Å². The van der Waals surface area contributed by atoms with Crippen molar-refractivity contribution < 1.29 is 14.2 Å². The zero-order valence-corrected chi connectivity index (χ0v) is 14.5. The van der Waals surface area contributed by atoms with Crippen molar-refractivity contribution in [1.29, 1.82) is 0 Å². The smallest absolute Gasteiger partial charge is 0.203 e. The molecule has 23 heavy (non-hydrogen) atoms. The number of fused-ring (bicyclic) bond motifs is 1. The molecular formula is C18H28N2O3. The lowest BCUT2D eigenvalue weighted by Gasteiger charge is -2.44. The van der Waals surface area contributed by atoms with E-state index in [1.54, 1.807) is 21.3 Å². The predicted octanol–water partition coefficient (Wildman–Crippen LogP) is 2.38. The molecule has 0 radical (unpaired) electrons. The first-order chi connectivity index (χ1) is 11.3. The minimum atomic E-state index is 0.684. The van der Waals surface area contributed by atoms with Crippen molar-refractivity contribution in [2.45, 2.75) is 31.8 Å². The highest BCUT2D eigenvalue weighted by atomic mass is 16.5. The van der Waals surface area contributed by atoms with Gasteiger partial charge in [0.15, 0.2) is 11.5 Å². The first kappa shape index (κ1) is 16.4. The quantitative estimate of drug-likeness (QED) is 0.832. The highest BCUT2D eigenvalue weighted by Crippen LogP contribution is 2.40. The van der Waals surface area contributed by atoms with Crippen LogP contribution in [0.4, 0.5) is 0 Å². The van der Waals surface area contributed by atoms with Gasteiger partial charge in [0.2, 0.25) is 5.75 Å². The van der Waals surface area contributed by atoms with Gasteiger partial charge < -0.3 is 14.2 Å². The fourth-order valence-corrected chi connectivity index (χ4v) is 3.89. The van der Waals surface area contributed by atoms with Crippen molar-refractivity contribution in [2.75, 3.05) is 47.5 Å². The Morgan fingerprint density at radius 3 is 2.52 bits per heavy atom. The number of piperidine rings is 1. The third-order valence-electron chi connectivity index (χ3n) is 5.10. The van der Waals surface area contributed by atoms with Gasteiger partial charge in [0, 0.05) is 37.8 Å². The molecule has 0 spiro atoms. The van der Waals surface area contributed by atoms with E-state index in [9.17, 15) is 0 Å². The van der Waals surface area contributed by atoms with Gasteiger partial charge in [-0.3, -0.25) is 9.80 Å². The van der Waals surface area contributed by atoms with Crippen LogP contribution in [0.5, 0.6) is 17.2 Å². The van der Waals surface area contributed by atoms with Crippen LogP contribution in [-0.2, 0) is 6.54 Å². The van der Waals surface area contributed by atoms with Crippen molar-refractivity contribution in [1.82, 2.24) is 9.80 Å². The molecule has 1 unspecified atom stereocenters. The Kier molecular flexibility index (Phi) is 5.28. The molecule has 1 aromatic carbocycles. The van der Waals surface area contributed by atoms with Gasteiger partial charge in [-0.15, -0.1) is 0 Å². The van der Waals surface area contributed by atoms with Crippen LogP contribution < -0.4 is 14.2 Å². The molecule has 3 rings (SSSR count). The van der Waals surface area contributed by atoms with Crippen LogP contribution in [0.3, 0.4) is 0 Å². The fraction of sp³-hybridized carbons (Fsp3) is 0.667. The normalized spacial score (nSPS) is 22.5. The Morgan fingerprint density at radius 1 is 0.957 bits per heavy atom. The SMILES string of the molecule is COc1ccc(CN2CCN3CCCCC3C2)c(OC)c1OC. The zero-order valence-electron chi connectivity index (χ0n) is 14.5. The first-order valence-electron chi connectivity index (χ1n) is 8.51. The molecule has 128 valence electrons. The lowest BCUT2D eigenvalue weighted by atomic mass is 9.99. The summed E-state index contributed by atoms with van der Waals surface area (Å²) in [7, 11) is 5.00. The summed E-state index contributed by atoms with van der Waals surface area (Å²) in [6, 6.07) is 4.78. The summed E-state index contributed by atoms with van der Waals surface area (Å²) < 4.78 is 16.5. The van der Waals surface area contributed by atoms with Gasteiger partial charge in [0.1, 0.15) is 0 Å². The topological polar surface area (TPSA) is 34.2 Å². The van der Waals surface area contributed by atoms with E-state index in [0.717, 1.165) is 37.0 Å². The highest BCUT2D eigenvalue weighted by Gasteiger charge is 2.29. The number of hydrogen-bond donors (Lipinski definition) is 0. The van der Waals surface area contributed by atoms with E-state index in [0.29, 0.717) is 11.5 Å². The van der Waals surface area contributed by atoms with Gasteiger partial charge >= 0.3 is 0 Å². The summed E-state index contributed by atoms with van der Waals surface area (Å²) in [6.07, 6.45) is 4.06. The summed E-state index contributed by atoms with van der Waals surface area (Å²) in [5.74, 6) is 2.19. The van der Waals surface area contributed by atoms with Gasteiger partial charge in [-0.25, -0.2) is 0 Å². The molecule has 0 saturated carbocycles. The van der Waals surface area contributed by atoms with E-state index in [1.807, 2.05) is 6.07 Å². The molecule has 0 aromatic heterocycles. The molecule has 2 saturated heterocycles. The summed E-state index contributed by atoms with van der Waals surface area (Å²) in [5, 5.41) is 0. The van der Waals surface area contributed by atoms with Crippen LogP contribution in [0.25, 0.3) is 0 Å². The number of hydrogen-bond acceptors (Lipinski definition) is 5. The number of methoxy groups -OCH3 is 3. The number of ether oxygens (including phenoxy) is 3. The number of nitrogens with zero attached hydrogens (tertiary/aromatic N) is 2. The molecular weight excluding hydrogens is 292 g/mol. The standard InChI is InChI=1S/C18H28N2O3/c1-21-16-8-7-14(17(22-2)18(16)23-3)12-19-10-11-20-9-5-4-6-15(20)13-19/h7-8,15H,4-6,9-13H2,1-3H3. The average Bonchev–Trinajstić information content (AvgIpc) is 2.61. The van der Waals surface area contributed by atoms with E-state index in [2.05, 4.69) is 15.9 Å². The Hall–Kier alpha value is -1.46. The van der Waals surface area contributed by atoms with Crippen molar-refractivity contribution in [2.24, 2.45) is 0 Å². The fourth-order valence-electron chi connectivity index (χ4n) is 3.89. The minimum absolute atomic E-state index is 0.684. The van der Waals surface area contributed by atoms with Crippen molar-refractivity contribution in [3.05, 3.63) is 17.7 Å². The summed E-state index contributed by atoms with van der Waals surface area (Å²) >= 11 is 0. The predicted molar refractivity (Wildman–Crippen MR) is 90.6 cm³/mol. The van der Waals surface area contributed by atoms with E-state index in [-0.39, 0.29) is 0 Å². The molecule has 0 N–H and O–H groups in total. The molecule has 2 aliphatic rings. The summed E-state index contributed by atoms with van der Waals surface area (Å²) in [5.41, 5.74) is 1.16. The highest BCUT2D eigenvalue weighted by molar-refractivity contribution is 5.55. The van der Waals surface area contributed by atoms with Crippen LogP contribution in [-0.4, -0.2) is 63.4 Å². The second-order valence-corrected chi connectivity index (χ2v) is 6.41. The van der Waals surface area contributed by atoms with Gasteiger partial charge in [0.05, 0.1) is 21.3 Å². The second kappa shape index (κ2) is 7.41. The number of rotatable bonds is 5. The van der Waals surface area contributed by atoms with Crippen molar-refractivity contribution in [3.8, 4) is 17.2 Å². The molecule has 5 heteroatoms. The molecule has 2 fully saturated rings. The maximum absolute atomic E-state index is 5.62. The van der Waals surface area contributed by atoms with E-state index in [4.69, 9.17) is 14.2 Å². The largest absolute Gasteiger partial charge is 0.493 e. The van der Waals surface area contributed by atoms with Crippen molar-refractivity contribution in [3.63, 3.8) is 0 Å². The third kappa shape index (κ3) is 3.40. The summed E-state index contributed by atoms with van der Waals surface area (Å²) in [4.78, 5) is 5.20. The van der Waals surface area contributed by atoms with Gasteiger partial charge in [-0.05, 0) is 25.5 Å². The van der Waals surface area contributed by atoms with E-state index in [1.165, 1.54) is 32.4 Å². The Bertz CT molecular complexity index is 535. The monoisotopic (exact) mass is 320 g/mol. The molecule has 2 heterocycles. The van der Waals surface area contributed by atoms with E-state index < -0.39 is 0 Å². The van der Waals surface area contributed by atoms with E-state index >= 15 is 0 Å². The van der Waals surface area contributed by atoms with Gasteiger partial charge in [0.25, 0.3) is 0 Å². The van der Waals surface area contributed by atoms with Crippen molar-refractivity contribution >= 4 is 0 Å². The lowest BCUT2D eigenvalue weighted by Crippen LogP contribution is -2.54. The van der Waals surface area contributed by atoms with Crippen LogP contribution in [0, 0.1) is 0 Å². The summed E-state index contributed by atoms with van der Waals surface area (Å²) in [6.45, 7) is 5.62. The Labute approximate surface area is 139 Å². The minimum Gasteiger partial charge on any atom is -0.493 e. The Morgan fingerprint density at radius 2 is 1.78 bits per heavy atom. The Balaban J connectivity index is 1.74. The average molecular weight is 320 g/mol. The molecule has 5 nitrogen and oxygen atoms in total. The molecule has 0 aliphatic carbocycles. The van der Waals surface area contributed by atoms with Gasteiger partial charge in [-0.1, -0.05) is 12.5 Å².